The normalized spacial score (nSPS) is 13.3. The predicted octanol–water partition coefficient (Wildman–Crippen LogP) is 1.55. The molecule has 0 aromatic heterocycles. The van der Waals surface area contributed by atoms with Crippen LogP contribution in [0.2, 0.25) is 0 Å². The second-order valence-corrected chi connectivity index (χ2v) is 9.51. The third-order valence-corrected chi connectivity index (χ3v) is 6.44. The molecule has 0 unspecified atom stereocenters. The van der Waals surface area contributed by atoms with E-state index in [1.165, 1.54) is 18.2 Å². The standard InChI is InChI=1S/C30H30N8O4.ClH/c39-25(37-23-8-4-19(5-9-23)27-31-12-13-32-27)17-35-29(41)21-2-1-3-22(16-21)30(42)36-18-26(40)38-24-10-6-20(7-11-24)28-33-14-15-34-28;/h1-11,16H,12-15,17-18H2,(H,31,32)(H,33,34)(H,35,41)(H,36,42)(H,37,39)(H,38,40);1H. The van der Waals surface area contributed by atoms with E-state index in [1.807, 2.05) is 24.3 Å². The van der Waals surface area contributed by atoms with E-state index < -0.39 is 23.6 Å². The molecule has 4 amide bonds. The zero-order chi connectivity index (χ0) is 29.3. The summed E-state index contributed by atoms with van der Waals surface area (Å²) < 4.78 is 0. The molecule has 0 aliphatic carbocycles. The van der Waals surface area contributed by atoms with Gasteiger partial charge in [-0.15, -0.1) is 12.4 Å². The van der Waals surface area contributed by atoms with Crippen molar-refractivity contribution in [3.63, 3.8) is 0 Å². The highest BCUT2D eigenvalue weighted by Crippen LogP contribution is 2.12. The van der Waals surface area contributed by atoms with Gasteiger partial charge < -0.3 is 31.9 Å². The Hall–Kier alpha value is -5.23. The molecule has 0 atom stereocenters. The predicted molar refractivity (Wildman–Crippen MR) is 167 cm³/mol. The molecule has 5 rings (SSSR count). The molecule has 0 spiro atoms. The van der Waals surface area contributed by atoms with E-state index in [0.29, 0.717) is 11.4 Å². The van der Waals surface area contributed by atoms with Crippen molar-refractivity contribution in [2.45, 2.75) is 0 Å². The summed E-state index contributed by atoms with van der Waals surface area (Å²) in [5.74, 6) is -0.166. The highest BCUT2D eigenvalue weighted by atomic mass is 35.5. The number of hydrogen-bond donors (Lipinski definition) is 6. The molecule has 13 heteroatoms. The van der Waals surface area contributed by atoms with Gasteiger partial charge in [0.1, 0.15) is 11.7 Å². The average Bonchev–Trinajstić information content (AvgIpc) is 3.75. The van der Waals surface area contributed by atoms with E-state index in [9.17, 15) is 19.2 Å². The Labute approximate surface area is 254 Å². The Balaban J connectivity index is 0.00000423. The number of anilines is 2. The van der Waals surface area contributed by atoms with Crippen molar-refractivity contribution >= 4 is 59.1 Å². The fourth-order valence-electron chi connectivity index (χ4n) is 4.34. The number of hydrogen-bond acceptors (Lipinski definition) is 8. The lowest BCUT2D eigenvalue weighted by Crippen LogP contribution is -2.34. The lowest BCUT2D eigenvalue weighted by Gasteiger charge is -2.10. The van der Waals surface area contributed by atoms with Crippen molar-refractivity contribution in [1.29, 1.82) is 0 Å². The van der Waals surface area contributed by atoms with Crippen LogP contribution in [0.15, 0.2) is 82.8 Å². The van der Waals surface area contributed by atoms with Gasteiger partial charge in [-0.25, -0.2) is 0 Å². The first kappa shape index (κ1) is 30.7. The van der Waals surface area contributed by atoms with Gasteiger partial charge >= 0.3 is 0 Å². The minimum atomic E-state index is -0.513. The summed E-state index contributed by atoms with van der Waals surface area (Å²) in [5, 5.41) is 17.0. The Kier molecular flexibility index (Phi) is 10.4. The Bertz CT molecular complexity index is 1440. The first-order valence-electron chi connectivity index (χ1n) is 13.5. The Morgan fingerprint density at radius 3 is 1.42 bits per heavy atom. The molecule has 0 radical (unpaired) electrons. The first-order valence-corrected chi connectivity index (χ1v) is 13.5. The average molecular weight is 603 g/mol. The zero-order valence-electron chi connectivity index (χ0n) is 23.1. The summed E-state index contributed by atoms with van der Waals surface area (Å²) >= 11 is 0. The number of amidine groups is 2. The van der Waals surface area contributed by atoms with Crippen LogP contribution < -0.4 is 31.9 Å². The molecule has 2 heterocycles. The van der Waals surface area contributed by atoms with Crippen LogP contribution in [-0.2, 0) is 9.59 Å². The Morgan fingerprint density at radius 1 is 0.628 bits per heavy atom. The van der Waals surface area contributed by atoms with Crippen LogP contribution >= 0.6 is 12.4 Å². The number of nitrogens with zero attached hydrogens (tertiary/aromatic N) is 2. The molecular formula is C30H31ClN8O4. The van der Waals surface area contributed by atoms with E-state index in [4.69, 9.17) is 0 Å². The summed E-state index contributed by atoms with van der Waals surface area (Å²) in [6.07, 6.45) is 0. The largest absolute Gasteiger partial charge is 0.368 e. The fraction of sp³-hybridized carbons (Fsp3) is 0.200. The Morgan fingerprint density at radius 2 is 1.05 bits per heavy atom. The summed E-state index contributed by atoms with van der Waals surface area (Å²) in [6, 6.07) is 20.5. The van der Waals surface area contributed by atoms with Crippen molar-refractivity contribution in [2.75, 3.05) is 49.9 Å². The molecule has 0 saturated heterocycles. The molecule has 3 aromatic carbocycles. The van der Waals surface area contributed by atoms with Crippen LogP contribution in [0, 0.1) is 0 Å². The van der Waals surface area contributed by atoms with Crippen molar-refractivity contribution in [2.24, 2.45) is 9.98 Å². The number of halogens is 1. The molecule has 0 fully saturated rings. The van der Waals surface area contributed by atoms with E-state index in [2.05, 4.69) is 41.9 Å². The van der Waals surface area contributed by atoms with Gasteiger partial charge in [-0.05, 0) is 66.7 Å². The van der Waals surface area contributed by atoms with E-state index in [-0.39, 0.29) is 36.6 Å². The molecule has 0 bridgehead atoms. The van der Waals surface area contributed by atoms with Crippen LogP contribution in [0.25, 0.3) is 0 Å². The molecule has 222 valence electrons. The van der Waals surface area contributed by atoms with E-state index in [0.717, 1.165) is 49.0 Å². The minimum absolute atomic E-state index is 0. The SMILES string of the molecule is Cl.O=C(CNC(=O)c1cccc(C(=O)NCC(=O)Nc2ccc(C3=NCCN3)cc2)c1)Nc1ccc(C2=NCCN2)cc1. The molecule has 2 aliphatic heterocycles. The molecule has 0 saturated carbocycles. The minimum Gasteiger partial charge on any atom is -0.368 e. The molecular weight excluding hydrogens is 572 g/mol. The van der Waals surface area contributed by atoms with Crippen LogP contribution in [0.4, 0.5) is 11.4 Å². The molecule has 6 N–H and O–H groups in total. The smallest absolute Gasteiger partial charge is 0.251 e. The number of aliphatic imine (C=N–C) groups is 2. The zero-order valence-corrected chi connectivity index (χ0v) is 23.9. The summed E-state index contributed by atoms with van der Waals surface area (Å²) in [4.78, 5) is 58.7. The maximum absolute atomic E-state index is 12.6. The summed E-state index contributed by atoms with van der Waals surface area (Å²) in [6.45, 7) is 2.59. The van der Waals surface area contributed by atoms with Gasteiger partial charge in [-0.3, -0.25) is 29.2 Å². The van der Waals surface area contributed by atoms with Crippen LogP contribution in [0.3, 0.4) is 0 Å². The number of amides is 4. The lowest BCUT2D eigenvalue weighted by molar-refractivity contribution is -0.116. The third kappa shape index (κ3) is 8.39. The fourth-order valence-corrected chi connectivity index (χ4v) is 4.34. The maximum atomic E-state index is 12.6. The number of benzene rings is 3. The van der Waals surface area contributed by atoms with Crippen molar-refractivity contribution in [3.8, 4) is 0 Å². The number of nitrogens with one attached hydrogen (secondary N) is 6. The van der Waals surface area contributed by atoms with E-state index >= 15 is 0 Å². The molecule has 43 heavy (non-hydrogen) atoms. The maximum Gasteiger partial charge on any atom is 0.251 e. The molecule has 3 aromatic rings. The number of carbonyl (C=O) groups excluding carboxylic acids is 4. The first-order chi connectivity index (χ1) is 20.4. The van der Waals surface area contributed by atoms with Crippen molar-refractivity contribution in [3.05, 3.63) is 95.1 Å². The lowest BCUT2D eigenvalue weighted by atomic mass is 10.1. The van der Waals surface area contributed by atoms with Gasteiger partial charge in [0.05, 0.1) is 26.2 Å². The summed E-state index contributed by atoms with van der Waals surface area (Å²) in [5.41, 5.74) is 3.45. The van der Waals surface area contributed by atoms with Gasteiger partial charge in [0, 0.05) is 46.7 Å². The van der Waals surface area contributed by atoms with Crippen molar-refractivity contribution in [1.82, 2.24) is 21.3 Å². The number of carbonyl (C=O) groups is 4. The second kappa shape index (κ2) is 14.6. The van der Waals surface area contributed by atoms with Gasteiger partial charge in [0.15, 0.2) is 0 Å². The topological polar surface area (TPSA) is 165 Å². The summed E-state index contributed by atoms with van der Waals surface area (Å²) in [7, 11) is 0. The van der Waals surface area contributed by atoms with Gasteiger partial charge in [-0.2, -0.15) is 0 Å². The van der Waals surface area contributed by atoms with Gasteiger partial charge in [-0.1, -0.05) is 6.07 Å². The van der Waals surface area contributed by atoms with Crippen LogP contribution in [0.1, 0.15) is 31.8 Å². The van der Waals surface area contributed by atoms with Crippen molar-refractivity contribution < 1.29 is 19.2 Å². The second-order valence-electron chi connectivity index (χ2n) is 9.51. The quantitative estimate of drug-likeness (QED) is 0.206. The van der Waals surface area contributed by atoms with Gasteiger partial charge in [0.25, 0.3) is 11.8 Å². The highest BCUT2D eigenvalue weighted by molar-refractivity contribution is 6.04. The molecule has 2 aliphatic rings. The van der Waals surface area contributed by atoms with Crippen LogP contribution in [-0.4, -0.2) is 74.6 Å². The third-order valence-electron chi connectivity index (χ3n) is 6.44. The van der Waals surface area contributed by atoms with E-state index in [1.54, 1.807) is 30.3 Å². The monoisotopic (exact) mass is 602 g/mol. The van der Waals surface area contributed by atoms with Crippen LogP contribution in [0.5, 0.6) is 0 Å². The highest BCUT2D eigenvalue weighted by Gasteiger charge is 2.14. The number of rotatable bonds is 10. The van der Waals surface area contributed by atoms with Gasteiger partial charge in [0.2, 0.25) is 11.8 Å². The molecule has 12 nitrogen and oxygen atoms in total.